The number of hydrogen-bond donors (Lipinski definition) is 1. The Morgan fingerprint density at radius 3 is 2.53 bits per heavy atom. The van der Waals surface area contributed by atoms with E-state index in [1.807, 2.05) is 0 Å². The minimum atomic E-state index is 0.602. The fourth-order valence-electron chi connectivity index (χ4n) is 3.14. The first kappa shape index (κ1) is 14.5. The molecule has 1 heterocycles. The van der Waals surface area contributed by atoms with Crippen LogP contribution in [0, 0.1) is 0 Å². The number of hydrogen-bond acceptors (Lipinski definition) is 2. The fourth-order valence-corrected chi connectivity index (χ4v) is 3.14. The molecule has 1 aromatic rings. The number of benzene rings is 1. The highest BCUT2D eigenvalue weighted by atomic mass is 15.2. The van der Waals surface area contributed by atoms with Gasteiger partial charge >= 0.3 is 0 Å². The van der Waals surface area contributed by atoms with Gasteiger partial charge in [0.15, 0.2) is 0 Å². The summed E-state index contributed by atoms with van der Waals surface area (Å²) in [6.07, 6.45) is 3.82. The number of rotatable bonds is 6. The number of nitrogens with one attached hydrogen (secondary N) is 1. The lowest BCUT2D eigenvalue weighted by Gasteiger charge is -2.35. The Hall–Kier alpha value is -0.860. The van der Waals surface area contributed by atoms with Gasteiger partial charge in [-0.1, -0.05) is 30.3 Å². The lowest BCUT2D eigenvalue weighted by molar-refractivity contribution is 0.148. The first-order valence-corrected chi connectivity index (χ1v) is 7.70. The van der Waals surface area contributed by atoms with E-state index in [0.29, 0.717) is 18.1 Å². The smallest absolute Gasteiger partial charge is 0.0195 e. The summed E-state index contributed by atoms with van der Waals surface area (Å²) in [5.41, 5.74) is 1.44. The van der Waals surface area contributed by atoms with Gasteiger partial charge in [-0.05, 0) is 52.1 Å². The summed E-state index contributed by atoms with van der Waals surface area (Å²) in [6.45, 7) is 9.38. The molecule has 0 spiro atoms. The van der Waals surface area contributed by atoms with E-state index < -0.39 is 0 Å². The summed E-state index contributed by atoms with van der Waals surface area (Å²) in [6, 6.07) is 12.8. The second-order valence-corrected chi connectivity index (χ2v) is 6.12. The summed E-state index contributed by atoms with van der Waals surface area (Å²) in [7, 11) is 0. The predicted molar refractivity (Wildman–Crippen MR) is 82.5 cm³/mol. The maximum Gasteiger partial charge on any atom is 0.0195 e. The molecule has 1 fully saturated rings. The minimum Gasteiger partial charge on any atom is -0.313 e. The van der Waals surface area contributed by atoms with Gasteiger partial charge in [0.1, 0.15) is 0 Å². The van der Waals surface area contributed by atoms with E-state index in [-0.39, 0.29) is 0 Å². The van der Waals surface area contributed by atoms with E-state index >= 15 is 0 Å². The highest BCUT2D eigenvalue weighted by Crippen LogP contribution is 2.15. The van der Waals surface area contributed by atoms with Gasteiger partial charge in [-0.15, -0.1) is 0 Å². The van der Waals surface area contributed by atoms with Crippen LogP contribution >= 0.6 is 0 Å². The van der Waals surface area contributed by atoms with Crippen LogP contribution in [0.25, 0.3) is 0 Å². The van der Waals surface area contributed by atoms with E-state index in [1.54, 1.807) is 0 Å². The molecule has 0 saturated carbocycles. The van der Waals surface area contributed by atoms with Crippen LogP contribution in [0.3, 0.4) is 0 Å². The van der Waals surface area contributed by atoms with E-state index in [9.17, 15) is 0 Å². The average molecular weight is 260 g/mol. The zero-order valence-electron chi connectivity index (χ0n) is 12.6. The van der Waals surface area contributed by atoms with Crippen molar-refractivity contribution >= 4 is 0 Å². The molecule has 19 heavy (non-hydrogen) atoms. The van der Waals surface area contributed by atoms with Crippen molar-refractivity contribution in [2.24, 2.45) is 0 Å². The van der Waals surface area contributed by atoms with Crippen molar-refractivity contribution in [1.82, 2.24) is 10.2 Å². The van der Waals surface area contributed by atoms with Crippen molar-refractivity contribution in [3.8, 4) is 0 Å². The molecule has 0 amide bonds. The third-order valence-corrected chi connectivity index (χ3v) is 4.20. The molecule has 106 valence electrons. The second kappa shape index (κ2) is 7.06. The van der Waals surface area contributed by atoms with Gasteiger partial charge in [0.05, 0.1) is 0 Å². The standard InChI is InChI=1S/C17H28N2/c1-14(2)19(13-17-10-7-11-18-17)15(3)12-16-8-5-4-6-9-16/h4-6,8-9,14-15,17-18H,7,10-13H2,1-3H3. The van der Waals surface area contributed by atoms with Gasteiger partial charge < -0.3 is 5.32 Å². The molecule has 0 aliphatic carbocycles. The van der Waals surface area contributed by atoms with Crippen molar-refractivity contribution in [3.63, 3.8) is 0 Å². The van der Waals surface area contributed by atoms with Gasteiger partial charge in [0.2, 0.25) is 0 Å². The molecular weight excluding hydrogens is 232 g/mol. The van der Waals surface area contributed by atoms with Crippen LogP contribution < -0.4 is 5.32 Å². The Kier molecular flexibility index (Phi) is 5.41. The lowest BCUT2D eigenvalue weighted by atomic mass is 10.0. The monoisotopic (exact) mass is 260 g/mol. The van der Waals surface area contributed by atoms with E-state index in [2.05, 4.69) is 61.3 Å². The quantitative estimate of drug-likeness (QED) is 0.845. The summed E-state index contributed by atoms with van der Waals surface area (Å²) < 4.78 is 0. The van der Waals surface area contributed by atoms with E-state index in [0.717, 1.165) is 6.42 Å². The summed E-state index contributed by atoms with van der Waals surface area (Å²) >= 11 is 0. The number of nitrogens with zero attached hydrogens (tertiary/aromatic N) is 1. The minimum absolute atomic E-state index is 0.602. The van der Waals surface area contributed by atoms with Crippen molar-refractivity contribution in [2.75, 3.05) is 13.1 Å². The second-order valence-electron chi connectivity index (χ2n) is 6.12. The van der Waals surface area contributed by atoms with Gasteiger partial charge in [-0.2, -0.15) is 0 Å². The molecule has 1 aliphatic heterocycles. The molecule has 1 aromatic carbocycles. The van der Waals surface area contributed by atoms with Crippen LogP contribution in [-0.4, -0.2) is 36.1 Å². The highest BCUT2D eigenvalue weighted by Gasteiger charge is 2.23. The van der Waals surface area contributed by atoms with Crippen LogP contribution in [0.2, 0.25) is 0 Å². The van der Waals surface area contributed by atoms with Crippen LogP contribution in [0.15, 0.2) is 30.3 Å². The van der Waals surface area contributed by atoms with Gasteiger partial charge in [0, 0.05) is 24.7 Å². The highest BCUT2D eigenvalue weighted by molar-refractivity contribution is 5.15. The van der Waals surface area contributed by atoms with Crippen molar-refractivity contribution in [1.29, 1.82) is 0 Å². The van der Waals surface area contributed by atoms with E-state index in [4.69, 9.17) is 0 Å². The molecule has 2 atom stereocenters. The SMILES string of the molecule is CC(C)N(CC1CCCN1)C(C)Cc1ccccc1. The Morgan fingerprint density at radius 1 is 1.21 bits per heavy atom. The maximum atomic E-state index is 3.62. The predicted octanol–water partition coefficient (Wildman–Crippen LogP) is 3.08. The summed E-state index contributed by atoms with van der Waals surface area (Å²) in [5, 5.41) is 3.62. The molecule has 1 aliphatic rings. The van der Waals surface area contributed by atoms with Gasteiger partial charge in [-0.25, -0.2) is 0 Å². The third-order valence-electron chi connectivity index (χ3n) is 4.20. The molecule has 2 heteroatoms. The first-order chi connectivity index (χ1) is 9.16. The van der Waals surface area contributed by atoms with Crippen molar-refractivity contribution < 1.29 is 0 Å². The Labute approximate surface area is 118 Å². The van der Waals surface area contributed by atoms with E-state index in [1.165, 1.54) is 31.5 Å². The maximum absolute atomic E-state index is 3.62. The van der Waals surface area contributed by atoms with Crippen LogP contribution in [-0.2, 0) is 6.42 Å². The van der Waals surface area contributed by atoms with Crippen LogP contribution in [0.5, 0.6) is 0 Å². The normalized spacial score (nSPS) is 21.2. The first-order valence-electron chi connectivity index (χ1n) is 7.70. The molecule has 0 aromatic heterocycles. The molecule has 1 N–H and O–H groups in total. The zero-order chi connectivity index (χ0) is 13.7. The lowest BCUT2D eigenvalue weighted by Crippen LogP contribution is -2.46. The molecule has 0 radical (unpaired) electrons. The topological polar surface area (TPSA) is 15.3 Å². The van der Waals surface area contributed by atoms with Crippen molar-refractivity contribution in [2.45, 2.75) is 58.2 Å². The van der Waals surface area contributed by atoms with Gasteiger partial charge in [-0.3, -0.25) is 4.90 Å². The van der Waals surface area contributed by atoms with Crippen molar-refractivity contribution in [3.05, 3.63) is 35.9 Å². The molecule has 0 bridgehead atoms. The fraction of sp³-hybridized carbons (Fsp3) is 0.647. The summed E-state index contributed by atoms with van der Waals surface area (Å²) in [5.74, 6) is 0. The molecule has 1 saturated heterocycles. The zero-order valence-corrected chi connectivity index (χ0v) is 12.6. The average Bonchev–Trinajstić information content (AvgIpc) is 2.89. The molecular formula is C17H28N2. The molecule has 2 unspecified atom stereocenters. The molecule has 2 rings (SSSR count). The third kappa shape index (κ3) is 4.32. The Balaban J connectivity index is 1.93. The van der Waals surface area contributed by atoms with Crippen LogP contribution in [0.4, 0.5) is 0 Å². The molecule has 2 nitrogen and oxygen atoms in total. The Bertz CT molecular complexity index is 355. The van der Waals surface area contributed by atoms with Gasteiger partial charge in [0.25, 0.3) is 0 Å². The van der Waals surface area contributed by atoms with Crippen LogP contribution in [0.1, 0.15) is 39.2 Å². The Morgan fingerprint density at radius 2 is 1.95 bits per heavy atom. The largest absolute Gasteiger partial charge is 0.313 e. The summed E-state index contributed by atoms with van der Waals surface area (Å²) in [4.78, 5) is 2.65.